The first kappa shape index (κ1) is 16.8. The molecule has 1 aliphatic heterocycles. The summed E-state index contributed by atoms with van der Waals surface area (Å²) < 4.78 is 5.55. The maximum atomic E-state index is 12.9. The largest absolute Gasteiger partial charge is 0.381 e. The van der Waals surface area contributed by atoms with E-state index in [1.807, 2.05) is 0 Å². The van der Waals surface area contributed by atoms with Crippen molar-refractivity contribution in [1.82, 2.24) is 4.98 Å². The maximum Gasteiger partial charge on any atom is 0.168 e. The Labute approximate surface area is 140 Å². The first-order valence-corrected chi connectivity index (χ1v) is 9.53. The molecule has 23 heavy (non-hydrogen) atoms. The standard InChI is InChI=1S/C20H31NO2/c1-3-17-14(2)19-18(21-17)10-9-16(20(19)22)8-4-6-15-7-5-12-23-13-11-15/h15-16,21H,3-13H2,1-2H3. The molecule has 2 unspecified atom stereocenters. The maximum absolute atomic E-state index is 12.9. The van der Waals surface area contributed by atoms with Crippen LogP contribution in [0.3, 0.4) is 0 Å². The third-order valence-corrected chi connectivity index (χ3v) is 5.88. The average molecular weight is 317 g/mol. The van der Waals surface area contributed by atoms with E-state index in [0.29, 0.717) is 5.78 Å². The monoisotopic (exact) mass is 317 g/mol. The minimum absolute atomic E-state index is 0.253. The minimum atomic E-state index is 0.253. The minimum Gasteiger partial charge on any atom is -0.381 e. The Hall–Kier alpha value is -1.09. The number of aromatic amines is 1. The Morgan fingerprint density at radius 2 is 2.04 bits per heavy atom. The number of hydrogen-bond donors (Lipinski definition) is 1. The van der Waals surface area contributed by atoms with Gasteiger partial charge >= 0.3 is 0 Å². The lowest BCUT2D eigenvalue weighted by Crippen LogP contribution is -2.22. The molecule has 1 fully saturated rings. The topological polar surface area (TPSA) is 42.1 Å². The molecular weight excluding hydrogens is 286 g/mol. The Balaban J connectivity index is 1.55. The molecule has 1 aromatic heterocycles. The molecule has 0 amide bonds. The Kier molecular flexibility index (Phi) is 5.58. The molecule has 3 rings (SSSR count). The Morgan fingerprint density at radius 1 is 1.17 bits per heavy atom. The van der Waals surface area contributed by atoms with Gasteiger partial charge in [-0.3, -0.25) is 4.79 Å². The molecule has 0 aromatic carbocycles. The van der Waals surface area contributed by atoms with Gasteiger partial charge in [-0.1, -0.05) is 19.8 Å². The van der Waals surface area contributed by atoms with E-state index < -0.39 is 0 Å². The normalized spacial score (nSPS) is 25.2. The zero-order valence-electron chi connectivity index (χ0n) is 14.7. The van der Waals surface area contributed by atoms with Crippen molar-refractivity contribution in [2.45, 2.75) is 71.6 Å². The number of carbonyl (C=O) groups excluding carboxylic acids is 1. The van der Waals surface area contributed by atoms with Crippen LogP contribution in [0.15, 0.2) is 0 Å². The molecular formula is C20H31NO2. The molecule has 1 saturated heterocycles. The molecule has 3 nitrogen and oxygen atoms in total. The predicted molar refractivity (Wildman–Crippen MR) is 93.1 cm³/mol. The van der Waals surface area contributed by atoms with Crippen LogP contribution in [0.5, 0.6) is 0 Å². The van der Waals surface area contributed by atoms with E-state index in [0.717, 1.165) is 50.4 Å². The SMILES string of the molecule is CCc1[nH]c2c(c1C)C(=O)C(CCCC1CCCOCC1)CC2. The van der Waals surface area contributed by atoms with Gasteiger partial charge in [0.05, 0.1) is 0 Å². The Bertz CT molecular complexity index is 538. The lowest BCUT2D eigenvalue weighted by Gasteiger charge is -2.22. The second-order valence-electron chi connectivity index (χ2n) is 7.38. The van der Waals surface area contributed by atoms with Crippen LogP contribution in [0.4, 0.5) is 0 Å². The van der Waals surface area contributed by atoms with Crippen LogP contribution in [-0.2, 0) is 17.6 Å². The van der Waals surface area contributed by atoms with Crippen molar-refractivity contribution in [2.75, 3.05) is 13.2 Å². The number of carbonyl (C=O) groups is 1. The highest BCUT2D eigenvalue weighted by atomic mass is 16.5. The van der Waals surface area contributed by atoms with E-state index in [1.54, 1.807) is 0 Å². The highest BCUT2D eigenvalue weighted by Crippen LogP contribution is 2.33. The summed E-state index contributed by atoms with van der Waals surface area (Å²) in [6, 6.07) is 0. The number of rotatable bonds is 5. The number of ketones is 1. The highest BCUT2D eigenvalue weighted by Gasteiger charge is 2.30. The number of hydrogen-bond acceptors (Lipinski definition) is 2. The zero-order chi connectivity index (χ0) is 16.2. The molecule has 2 atom stereocenters. The molecule has 0 radical (unpaired) electrons. The molecule has 0 bridgehead atoms. The zero-order valence-corrected chi connectivity index (χ0v) is 14.7. The van der Waals surface area contributed by atoms with Crippen molar-refractivity contribution in [3.63, 3.8) is 0 Å². The van der Waals surface area contributed by atoms with Gasteiger partial charge in [-0.2, -0.15) is 0 Å². The summed E-state index contributed by atoms with van der Waals surface area (Å²) in [7, 11) is 0. The van der Waals surface area contributed by atoms with Gasteiger partial charge in [-0.15, -0.1) is 0 Å². The fraction of sp³-hybridized carbons (Fsp3) is 0.750. The molecule has 1 N–H and O–H groups in total. The van der Waals surface area contributed by atoms with Crippen LogP contribution in [-0.4, -0.2) is 24.0 Å². The van der Waals surface area contributed by atoms with Crippen LogP contribution in [0.2, 0.25) is 0 Å². The van der Waals surface area contributed by atoms with Crippen molar-refractivity contribution in [3.8, 4) is 0 Å². The van der Waals surface area contributed by atoms with Crippen LogP contribution >= 0.6 is 0 Å². The number of fused-ring (bicyclic) bond motifs is 1. The molecule has 128 valence electrons. The number of H-pyrrole nitrogens is 1. The van der Waals surface area contributed by atoms with Crippen LogP contribution in [0.25, 0.3) is 0 Å². The van der Waals surface area contributed by atoms with Gasteiger partial charge in [0.2, 0.25) is 0 Å². The van der Waals surface area contributed by atoms with Crippen molar-refractivity contribution in [3.05, 3.63) is 22.5 Å². The van der Waals surface area contributed by atoms with Gasteiger partial charge in [0.25, 0.3) is 0 Å². The van der Waals surface area contributed by atoms with Gasteiger partial charge in [0, 0.05) is 36.1 Å². The van der Waals surface area contributed by atoms with E-state index in [9.17, 15) is 4.79 Å². The van der Waals surface area contributed by atoms with Crippen LogP contribution in [0.1, 0.15) is 79.2 Å². The van der Waals surface area contributed by atoms with Gasteiger partial charge in [0.1, 0.15) is 0 Å². The van der Waals surface area contributed by atoms with Crippen molar-refractivity contribution < 1.29 is 9.53 Å². The molecule has 0 saturated carbocycles. The average Bonchev–Trinajstić information content (AvgIpc) is 2.73. The predicted octanol–water partition coefficient (Wildman–Crippen LogP) is 4.62. The van der Waals surface area contributed by atoms with E-state index >= 15 is 0 Å². The van der Waals surface area contributed by atoms with Crippen molar-refractivity contribution in [1.29, 1.82) is 0 Å². The fourth-order valence-electron chi connectivity index (χ4n) is 4.43. The second-order valence-corrected chi connectivity index (χ2v) is 7.38. The second kappa shape index (κ2) is 7.65. The quantitative estimate of drug-likeness (QED) is 0.861. The van der Waals surface area contributed by atoms with E-state index in [1.165, 1.54) is 49.1 Å². The van der Waals surface area contributed by atoms with Crippen molar-refractivity contribution >= 4 is 5.78 Å². The molecule has 1 aliphatic carbocycles. The summed E-state index contributed by atoms with van der Waals surface area (Å²) in [4.78, 5) is 16.3. The summed E-state index contributed by atoms with van der Waals surface area (Å²) >= 11 is 0. The lowest BCUT2D eigenvalue weighted by atomic mass is 9.81. The smallest absolute Gasteiger partial charge is 0.168 e. The number of aryl methyl sites for hydroxylation is 2. The third-order valence-electron chi connectivity index (χ3n) is 5.88. The summed E-state index contributed by atoms with van der Waals surface area (Å²) in [5, 5.41) is 0. The fourth-order valence-corrected chi connectivity index (χ4v) is 4.43. The highest BCUT2D eigenvalue weighted by molar-refractivity contribution is 6.01. The molecule has 2 aliphatic rings. The summed E-state index contributed by atoms with van der Waals surface area (Å²) in [5.74, 6) is 1.47. The number of aromatic nitrogens is 1. The van der Waals surface area contributed by atoms with Crippen LogP contribution < -0.4 is 0 Å². The number of nitrogens with one attached hydrogen (secondary N) is 1. The van der Waals surface area contributed by atoms with E-state index in [4.69, 9.17) is 4.74 Å². The van der Waals surface area contributed by atoms with E-state index in [2.05, 4.69) is 18.8 Å². The summed E-state index contributed by atoms with van der Waals surface area (Å²) in [5.41, 5.74) is 4.68. The van der Waals surface area contributed by atoms with Gasteiger partial charge in [-0.25, -0.2) is 0 Å². The molecule has 0 spiro atoms. The number of ether oxygens (including phenoxy) is 1. The molecule has 2 heterocycles. The van der Waals surface area contributed by atoms with Gasteiger partial charge in [0.15, 0.2) is 5.78 Å². The van der Waals surface area contributed by atoms with Gasteiger partial charge in [-0.05, 0) is 63.4 Å². The first-order chi connectivity index (χ1) is 11.2. The van der Waals surface area contributed by atoms with Gasteiger partial charge < -0.3 is 9.72 Å². The lowest BCUT2D eigenvalue weighted by molar-refractivity contribution is 0.0890. The van der Waals surface area contributed by atoms with Crippen molar-refractivity contribution in [2.24, 2.45) is 11.8 Å². The first-order valence-electron chi connectivity index (χ1n) is 9.53. The molecule has 1 aromatic rings. The summed E-state index contributed by atoms with van der Waals surface area (Å²) in [6.45, 7) is 6.13. The molecule has 3 heteroatoms. The number of Topliss-reactive ketones (excluding diaryl/α,β-unsaturated/α-hetero) is 1. The van der Waals surface area contributed by atoms with Crippen LogP contribution in [0, 0.1) is 18.8 Å². The van der Waals surface area contributed by atoms with E-state index in [-0.39, 0.29) is 5.92 Å². The third kappa shape index (κ3) is 3.71. The summed E-state index contributed by atoms with van der Waals surface area (Å²) in [6.07, 6.45) is 10.3. The Morgan fingerprint density at radius 3 is 2.87 bits per heavy atom.